The molecule has 1 aromatic rings. The monoisotopic (exact) mass is 472 g/mol. The summed E-state index contributed by atoms with van der Waals surface area (Å²) in [4.78, 5) is 26.3. The summed E-state index contributed by atoms with van der Waals surface area (Å²) in [5.41, 5.74) is 0.885. The maximum atomic E-state index is 13.4. The van der Waals surface area contributed by atoms with Gasteiger partial charge in [-0.2, -0.15) is 0 Å². The molecule has 1 aromatic carbocycles. The molecular weight excluding hydrogens is 440 g/mol. The lowest BCUT2D eigenvalue weighted by molar-refractivity contribution is -0.152. The second-order valence-corrected chi connectivity index (χ2v) is 9.17. The Kier molecular flexibility index (Phi) is 7.40. The van der Waals surface area contributed by atoms with Crippen molar-refractivity contribution >= 4 is 17.8 Å². The summed E-state index contributed by atoms with van der Waals surface area (Å²) in [6, 6.07) is 3.40. The molecule has 1 saturated heterocycles. The van der Waals surface area contributed by atoms with E-state index in [1.165, 1.54) is 7.11 Å². The third-order valence-electron chi connectivity index (χ3n) is 6.28. The molecule has 0 spiro atoms. The molecule has 0 unspecified atom stereocenters. The summed E-state index contributed by atoms with van der Waals surface area (Å²) < 4.78 is 34.1. The first-order chi connectivity index (χ1) is 16.3. The first kappa shape index (κ1) is 24.4. The van der Waals surface area contributed by atoms with E-state index in [4.69, 9.17) is 28.4 Å². The zero-order valence-corrected chi connectivity index (χ0v) is 20.1. The molecule has 1 aliphatic carbocycles. The van der Waals surface area contributed by atoms with Gasteiger partial charge < -0.3 is 28.4 Å². The van der Waals surface area contributed by atoms with Gasteiger partial charge >= 0.3 is 5.97 Å². The van der Waals surface area contributed by atoms with E-state index in [1.807, 2.05) is 12.2 Å². The summed E-state index contributed by atoms with van der Waals surface area (Å²) in [5.74, 6) is -0.697. The van der Waals surface area contributed by atoms with Crippen LogP contribution in [-0.4, -0.2) is 56.9 Å². The second-order valence-electron chi connectivity index (χ2n) is 9.17. The van der Waals surface area contributed by atoms with Gasteiger partial charge in [0.25, 0.3) is 0 Å². The van der Waals surface area contributed by atoms with Crippen LogP contribution in [0, 0.1) is 5.92 Å². The van der Waals surface area contributed by atoms with Gasteiger partial charge in [0.05, 0.1) is 13.2 Å². The fraction of sp³-hybridized carbons (Fsp3) is 0.538. The van der Waals surface area contributed by atoms with Gasteiger partial charge in [0, 0.05) is 19.1 Å². The highest BCUT2D eigenvalue weighted by atomic mass is 16.8. The van der Waals surface area contributed by atoms with Gasteiger partial charge in [0.15, 0.2) is 18.4 Å². The zero-order chi connectivity index (χ0) is 24.3. The summed E-state index contributed by atoms with van der Waals surface area (Å²) in [6.45, 7) is 3.57. The minimum Gasteiger partial charge on any atom is -0.497 e. The summed E-state index contributed by atoms with van der Waals surface area (Å²) in [5, 5.41) is 0. The molecule has 8 heteroatoms. The van der Waals surface area contributed by atoms with E-state index < -0.39 is 24.0 Å². The molecule has 0 N–H and O–H groups in total. The van der Waals surface area contributed by atoms with Crippen LogP contribution in [0.3, 0.4) is 0 Å². The van der Waals surface area contributed by atoms with Crippen LogP contribution in [0.1, 0.15) is 55.5 Å². The summed E-state index contributed by atoms with van der Waals surface area (Å²) in [7, 11) is 3.06. The zero-order valence-electron chi connectivity index (χ0n) is 20.1. The molecule has 2 heterocycles. The van der Waals surface area contributed by atoms with Crippen molar-refractivity contribution < 1.29 is 38.0 Å². The largest absolute Gasteiger partial charge is 0.497 e. The van der Waals surface area contributed by atoms with Crippen LogP contribution in [0.5, 0.6) is 11.5 Å². The molecular formula is C26H32O8. The molecule has 2 fully saturated rings. The van der Waals surface area contributed by atoms with Crippen LogP contribution in [-0.2, 0) is 23.7 Å². The number of esters is 1. The lowest BCUT2D eigenvalue weighted by Gasteiger charge is -2.21. The first-order valence-corrected chi connectivity index (χ1v) is 11.6. The second kappa shape index (κ2) is 10.3. The molecule has 34 heavy (non-hydrogen) atoms. The van der Waals surface area contributed by atoms with Crippen LogP contribution in [0.2, 0.25) is 0 Å². The minimum absolute atomic E-state index is 0.0302. The van der Waals surface area contributed by atoms with Crippen molar-refractivity contribution in [2.24, 2.45) is 5.92 Å². The SMILES string of the molecule is COCOc1cc(OC)cc2c1C(=O)O[C@H]1CCC[C@H]1/C=C\C(=O)[C@H]1OC(C)(C)O[C@H]1CC=C2. The van der Waals surface area contributed by atoms with Crippen LogP contribution >= 0.6 is 0 Å². The average Bonchev–Trinajstić information content (AvgIpc) is 3.37. The highest BCUT2D eigenvalue weighted by molar-refractivity contribution is 5.97. The van der Waals surface area contributed by atoms with E-state index in [2.05, 4.69) is 0 Å². The molecule has 0 bridgehead atoms. The van der Waals surface area contributed by atoms with Crippen LogP contribution in [0.4, 0.5) is 0 Å². The van der Waals surface area contributed by atoms with E-state index >= 15 is 0 Å². The fourth-order valence-corrected chi connectivity index (χ4v) is 4.72. The number of hydrogen-bond donors (Lipinski definition) is 0. The third-order valence-corrected chi connectivity index (χ3v) is 6.28. The quantitative estimate of drug-likeness (QED) is 0.479. The van der Waals surface area contributed by atoms with Gasteiger partial charge in [0.2, 0.25) is 0 Å². The lowest BCUT2D eigenvalue weighted by Crippen LogP contribution is -2.30. The summed E-state index contributed by atoms with van der Waals surface area (Å²) in [6.07, 6.45) is 8.45. The first-order valence-electron chi connectivity index (χ1n) is 11.6. The van der Waals surface area contributed by atoms with Crippen LogP contribution in [0.25, 0.3) is 6.08 Å². The third kappa shape index (κ3) is 5.35. The van der Waals surface area contributed by atoms with Crippen molar-refractivity contribution in [2.75, 3.05) is 21.0 Å². The smallest absolute Gasteiger partial charge is 0.342 e. The molecule has 0 aromatic heterocycles. The van der Waals surface area contributed by atoms with E-state index in [1.54, 1.807) is 45.2 Å². The van der Waals surface area contributed by atoms with Crippen molar-refractivity contribution in [3.8, 4) is 11.5 Å². The fourth-order valence-electron chi connectivity index (χ4n) is 4.72. The van der Waals surface area contributed by atoms with Gasteiger partial charge in [-0.05, 0) is 57.2 Å². The Hall–Kier alpha value is -2.68. The number of methoxy groups -OCH3 is 2. The molecule has 184 valence electrons. The van der Waals surface area contributed by atoms with E-state index in [0.717, 1.165) is 19.3 Å². The van der Waals surface area contributed by atoms with Crippen LogP contribution < -0.4 is 9.47 Å². The van der Waals surface area contributed by atoms with Crippen molar-refractivity contribution in [1.29, 1.82) is 0 Å². The highest BCUT2D eigenvalue weighted by Crippen LogP contribution is 2.36. The molecule has 4 rings (SSSR count). The predicted octanol–water partition coefficient (Wildman–Crippen LogP) is 4.07. The number of ketones is 1. The number of rotatable bonds is 4. The Balaban J connectivity index is 1.77. The Bertz CT molecular complexity index is 979. The number of fused-ring (bicyclic) bond motifs is 3. The molecule has 3 aliphatic rings. The number of hydrogen-bond acceptors (Lipinski definition) is 8. The molecule has 0 radical (unpaired) electrons. The van der Waals surface area contributed by atoms with Gasteiger partial charge in [-0.3, -0.25) is 4.79 Å². The number of benzene rings is 1. The molecule has 4 atom stereocenters. The van der Waals surface area contributed by atoms with Gasteiger partial charge in [-0.15, -0.1) is 0 Å². The number of carbonyl (C=O) groups excluding carboxylic acids is 2. The number of ether oxygens (including phenoxy) is 6. The van der Waals surface area contributed by atoms with Crippen molar-refractivity contribution in [3.05, 3.63) is 41.5 Å². The molecule has 2 aliphatic heterocycles. The molecule has 8 nitrogen and oxygen atoms in total. The Morgan fingerprint density at radius 1 is 1.06 bits per heavy atom. The Labute approximate surface area is 199 Å². The van der Waals surface area contributed by atoms with Crippen LogP contribution in [0.15, 0.2) is 30.4 Å². The lowest BCUT2D eigenvalue weighted by atomic mass is 9.99. The maximum absolute atomic E-state index is 13.4. The maximum Gasteiger partial charge on any atom is 0.342 e. The summed E-state index contributed by atoms with van der Waals surface area (Å²) >= 11 is 0. The van der Waals surface area contributed by atoms with E-state index in [9.17, 15) is 9.59 Å². The van der Waals surface area contributed by atoms with E-state index in [0.29, 0.717) is 29.0 Å². The topological polar surface area (TPSA) is 89.5 Å². The van der Waals surface area contributed by atoms with Crippen molar-refractivity contribution in [1.82, 2.24) is 0 Å². The molecule has 0 amide bonds. The van der Waals surface area contributed by atoms with Gasteiger partial charge in [-0.1, -0.05) is 18.2 Å². The standard InChI is InChI=1S/C26H32O8/c1-26(2)33-21-10-6-8-17-13-18(30-4)14-22(31-15-29-3)23(17)25(28)32-20-9-5-7-16(20)11-12-19(27)24(21)34-26/h6,8,11-14,16,20-21,24H,5,7,9-10,15H2,1-4H3/b8-6?,12-11-/t16-,20-,21-,24+/m0/s1. The van der Waals surface area contributed by atoms with Crippen molar-refractivity contribution in [2.45, 2.75) is 63.6 Å². The minimum atomic E-state index is -0.863. The predicted molar refractivity (Wildman–Crippen MR) is 124 cm³/mol. The van der Waals surface area contributed by atoms with Gasteiger partial charge in [0.1, 0.15) is 29.3 Å². The average molecular weight is 473 g/mol. The Morgan fingerprint density at radius 3 is 2.65 bits per heavy atom. The molecule has 1 saturated carbocycles. The number of carbonyl (C=O) groups is 2. The normalized spacial score (nSPS) is 29.4. The van der Waals surface area contributed by atoms with Gasteiger partial charge in [-0.25, -0.2) is 4.79 Å². The van der Waals surface area contributed by atoms with Crippen molar-refractivity contribution in [3.63, 3.8) is 0 Å². The highest BCUT2D eigenvalue weighted by Gasteiger charge is 2.44. The Morgan fingerprint density at radius 2 is 1.88 bits per heavy atom. The van der Waals surface area contributed by atoms with E-state index in [-0.39, 0.29) is 24.6 Å².